The summed E-state index contributed by atoms with van der Waals surface area (Å²) in [5, 5.41) is 23.7. The van der Waals surface area contributed by atoms with E-state index in [0.29, 0.717) is 5.56 Å². The maximum absolute atomic E-state index is 12.6. The van der Waals surface area contributed by atoms with Gasteiger partial charge in [0.25, 0.3) is 0 Å². The van der Waals surface area contributed by atoms with Gasteiger partial charge in [-0.2, -0.15) is 0 Å². The number of rotatable bonds is 7. The van der Waals surface area contributed by atoms with Gasteiger partial charge in [-0.1, -0.05) is 26.0 Å². The lowest BCUT2D eigenvalue weighted by atomic mass is 10.0. The van der Waals surface area contributed by atoms with Crippen molar-refractivity contribution in [2.45, 2.75) is 58.7 Å². The molecule has 0 spiro atoms. The van der Waals surface area contributed by atoms with Crippen LogP contribution in [0.2, 0.25) is 0 Å². The predicted molar refractivity (Wildman–Crippen MR) is 99.4 cm³/mol. The zero-order valence-corrected chi connectivity index (χ0v) is 16.3. The Morgan fingerprint density at radius 3 is 2.07 bits per heavy atom. The molecule has 1 rings (SSSR count). The van der Waals surface area contributed by atoms with Crippen molar-refractivity contribution in [1.82, 2.24) is 10.6 Å². The van der Waals surface area contributed by atoms with Crippen LogP contribution in [0.15, 0.2) is 24.3 Å². The fraction of sp³-hybridized carbons (Fsp3) is 0.526. The first kappa shape index (κ1) is 22.3. The third-order valence-corrected chi connectivity index (χ3v) is 3.61. The molecule has 0 fully saturated rings. The summed E-state index contributed by atoms with van der Waals surface area (Å²) in [6, 6.07) is 3.92. The van der Waals surface area contributed by atoms with Gasteiger partial charge in [0.2, 0.25) is 5.91 Å². The number of amides is 2. The minimum Gasteiger partial charge on any atom is -0.508 e. The molecule has 0 aliphatic carbocycles. The van der Waals surface area contributed by atoms with E-state index in [2.05, 4.69) is 10.6 Å². The van der Waals surface area contributed by atoms with Crippen molar-refractivity contribution in [3.05, 3.63) is 29.8 Å². The summed E-state index contributed by atoms with van der Waals surface area (Å²) in [5.74, 6) is -2.02. The molecule has 0 aromatic heterocycles. The highest BCUT2D eigenvalue weighted by Gasteiger charge is 2.30. The fourth-order valence-corrected chi connectivity index (χ4v) is 2.30. The number of hydrogen-bond acceptors (Lipinski definition) is 5. The fourth-order valence-electron chi connectivity index (χ4n) is 2.30. The number of carboxylic acids is 1. The summed E-state index contributed by atoms with van der Waals surface area (Å²) in [5.41, 5.74) is -0.0772. The van der Waals surface area contributed by atoms with E-state index in [4.69, 9.17) is 4.74 Å². The molecule has 1 aromatic carbocycles. The van der Waals surface area contributed by atoms with Crippen molar-refractivity contribution in [3.63, 3.8) is 0 Å². The summed E-state index contributed by atoms with van der Waals surface area (Å²) in [4.78, 5) is 36.1. The summed E-state index contributed by atoms with van der Waals surface area (Å²) in [6.07, 6.45) is -0.708. The standard InChI is InChI=1S/C19H28N2O6/c1-11(2)15(21-18(26)27-19(3,4)5)16(23)20-14(17(24)25)10-12-6-8-13(22)9-7-12/h6-9,11,14-15,22H,10H2,1-5H3,(H,20,23)(H,21,26)(H,24,25)/t14-,15-/m0/s1. The van der Waals surface area contributed by atoms with Crippen LogP contribution in [-0.2, 0) is 20.7 Å². The van der Waals surface area contributed by atoms with E-state index in [0.717, 1.165) is 0 Å². The van der Waals surface area contributed by atoms with Crippen molar-refractivity contribution >= 4 is 18.0 Å². The van der Waals surface area contributed by atoms with E-state index in [-0.39, 0.29) is 18.1 Å². The van der Waals surface area contributed by atoms with Gasteiger partial charge in [-0.05, 0) is 44.4 Å². The molecule has 8 nitrogen and oxygen atoms in total. The molecule has 0 radical (unpaired) electrons. The largest absolute Gasteiger partial charge is 0.508 e. The monoisotopic (exact) mass is 380 g/mol. The third-order valence-electron chi connectivity index (χ3n) is 3.61. The smallest absolute Gasteiger partial charge is 0.408 e. The number of carboxylic acid groups (broad SMARTS) is 1. The molecule has 150 valence electrons. The Labute approximate surface area is 158 Å². The number of benzene rings is 1. The van der Waals surface area contributed by atoms with Gasteiger partial charge in [0.1, 0.15) is 23.4 Å². The quantitative estimate of drug-likeness (QED) is 0.574. The maximum Gasteiger partial charge on any atom is 0.408 e. The van der Waals surface area contributed by atoms with E-state index in [1.54, 1.807) is 46.8 Å². The lowest BCUT2D eigenvalue weighted by Crippen LogP contribution is -2.54. The molecule has 0 heterocycles. The maximum atomic E-state index is 12.6. The highest BCUT2D eigenvalue weighted by molar-refractivity contribution is 5.89. The number of alkyl carbamates (subject to hydrolysis) is 1. The summed E-state index contributed by atoms with van der Waals surface area (Å²) < 4.78 is 5.16. The van der Waals surface area contributed by atoms with Gasteiger partial charge in [0, 0.05) is 6.42 Å². The first-order valence-electron chi connectivity index (χ1n) is 8.69. The normalized spacial score (nSPS) is 13.6. The summed E-state index contributed by atoms with van der Waals surface area (Å²) >= 11 is 0. The highest BCUT2D eigenvalue weighted by atomic mass is 16.6. The molecule has 0 bridgehead atoms. The molecule has 0 aliphatic rings. The SMILES string of the molecule is CC(C)[C@H](NC(=O)OC(C)(C)C)C(=O)N[C@@H](Cc1ccc(O)cc1)C(=O)O. The molecule has 0 unspecified atom stereocenters. The van der Waals surface area contributed by atoms with Gasteiger partial charge < -0.3 is 25.6 Å². The van der Waals surface area contributed by atoms with Crippen molar-refractivity contribution in [1.29, 1.82) is 0 Å². The van der Waals surface area contributed by atoms with Crippen LogP contribution in [-0.4, -0.2) is 45.9 Å². The van der Waals surface area contributed by atoms with Crippen LogP contribution in [0.5, 0.6) is 5.75 Å². The number of carbonyl (C=O) groups is 3. The Morgan fingerprint density at radius 1 is 1.07 bits per heavy atom. The van der Waals surface area contributed by atoms with E-state index in [1.807, 2.05) is 0 Å². The van der Waals surface area contributed by atoms with E-state index in [9.17, 15) is 24.6 Å². The van der Waals surface area contributed by atoms with Crippen molar-refractivity contribution in [2.24, 2.45) is 5.92 Å². The lowest BCUT2D eigenvalue weighted by molar-refractivity contribution is -0.142. The number of ether oxygens (including phenoxy) is 1. The number of aliphatic carboxylic acids is 1. The van der Waals surface area contributed by atoms with Gasteiger partial charge in [-0.25, -0.2) is 9.59 Å². The molecule has 2 atom stereocenters. The first-order chi connectivity index (χ1) is 12.4. The Kier molecular flexibility index (Phi) is 7.63. The van der Waals surface area contributed by atoms with Crippen LogP contribution in [0.1, 0.15) is 40.2 Å². The van der Waals surface area contributed by atoms with E-state index in [1.165, 1.54) is 12.1 Å². The van der Waals surface area contributed by atoms with Crippen molar-refractivity contribution < 1.29 is 29.3 Å². The number of phenolic OH excluding ortho intramolecular Hbond substituents is 1. The predicted octanol–water partition coefficient (Wildman–Crippen LogP) is 2.05. The molecule has 8 heteroatoms. The first-order valence-corrected chi connectivity index (χ1v) is 8.69. The van der Waals surface area contributed by atoms with Gasteiger partial charge in [-0.3, -0.25) is 4.79 Å². The Morgan fingerprint density at radius 2 is 1.63 bits per heavy atom. The minimum atomic E-state index is -1.20. The molecule has 1 aromatic rings. The Balaban J connectivity index is 2.82. The summed E-state index contributed by atoms with van der Waals surface area (Å²) in [6.45, 7) is 8.58. The number of nitrogens with one attached hydrogen (secondary N) is 2. The molecule has 2 amide bonds. The molecule has 0 aliphatic heterocycles. The number of carbonyl (C=O) groups excluding carboxylic acids is 2. The molecular formula is C19H28N2O6. The lowest BCUT2D eigenvalue weighted by Gasteiger charge is -2.26. The van der Waals surface area contributed by atoms with Crippen LogP contribution >= 0.6 is 0 Å². The topological polar surface area (TPSA) is 125 Å². The molecule has 0 saturated heterocycles. The number of phenols is 1. The van der Waals surface area contributed by atoms with Crippen LogP contribution in [0, 0.1) is 5.92 Å². The average molecular weight is 380 g/mol. The molecule has 4 N–H and O–H groups in total. The minimum absolute atomic E-state index is 0.0403. The third kappa shape index (κ3) is 7.98. The number of aromatic hydroxyl groups is 1. The van der Waals surface area contributed by atoms with Gasteiger partial charge >= 0.3 is 12.1 Å². The van der Waals surface area contributed by atoms with E-state index < -0.39 is 35.7 Å². The van der Waals surface area contributed by atoms with Crippen LogP contribution in [0.25, 0.3) is 0 Å². The Bertz CT molecular complexity index is 664. The van der Waals surface area contributed by atoms with Crippen LogP contribution < -0.4 is 10.6 Å². The van der Waals surface area contributed by atoms with Crippen LogP contribution in [0.3, 0.4) is 0 Å². The number of hydrogen-bond donors (Lipinski definition) is 4. The average Bonchev–Trinajstić information content (AvgIpc) is 2.51. The van der Waals surface area contributed by atoms with Gasteiger partial charge in [-0.15, -0.1) is 0 Å². The van der Waals surface area contributed by atoms with Gasteiger partial charge in [0.15, 0.2) is 0 Å². The second-order valence-electron chi connectivity index (χ2n) is 7.64. The second kappa shape index (κ2) is 9.25. The second-order valence-corrected chi connectivity index (χ2v) is 7.64. The van der Waals surface area contributed by atoms with Crippen molar-refractivity contribution in [2.75, 3.05) is 0 Å². The van der Waals surface area contributed by atoms with Crippen molar-refractivity contribution in [3.8, 4) is 5.75 Å². The molecule has 0 saturated carbocycles. The molecular weight excluding hydrogens is 352 g/mol. The van der Waals surface area contributed by atoms with Gasteiger partial charge in [0.05, 0.1) is 0 Å². The zero-order chi connectivity index (χ0) is 20.8. The molecule has 27 heavy (non-hydrogen) atoms. The Hall–Kier alpha value is -2.77. The van der Waals surface area contributed by atoms with E-state index >= 15 is 0 Å². The summed E-state index contributed by atoms with van der Waals surface area (Å²) in [7, 11) is 0. The van der Waals surface area contributed by atoms with Crippen LogP contribution in [0.4, 0.5) is 4.79 Å². The highest BCUT2D eigenvalue weighted by Crippen LogP contribution is 2.13. The zero-order valence-electron chi connectivity index (χ0n) is 16.3.